The summed E-state index contributed by atoms with van der Waals surface area (Å²) in [4.78, 5) is 15.5. The lowest BCUT2D eigenvalue weighted by atomic mass is 10.2. The monoisotopic (exact) mass is 280 g/mol. The topological polar surface area (TPSA) is 56.2 Å². The van der Waals surface area contributed by atoms with Gasteiger partial charge in [0.15, 0.2) is 11.1 Å². The minimum absolute atomic E-state index is 0.147. The van der Waals surface area contributed by atoms with Crippen LogP contribution in [0.3, 0.4) is 0 Å². The molecule has 1 N–H and O–H groups in total. The lowest BCUT2D eigenvalue weighted by Crippen LogP contribution is -2.34. The fourth-order valence-electron chi connectivity index (χ4n) is 2.16. The van der Waals surface area contributed by atoms with Gasteiger partial charge in [-0.3, -0.25) is 9.36 Å². The maximum atomic E-state index is 12.5. The number of benzene rings is 1. The zero-order valence-electron chi connectivity index (χ0n) is 11.0. The molecule has 0 fully saturated rings. The van der Waals surface area contributed by atoms with E-state index in [0.717, 1.165) is 5.52 Å². The van der Waals surface area contributed by atoms with E-state index in [2.05, 4.69) is 4.98 Å². The van der Waals surface area contributed by atoms with Crippen LogP contribution in [0.15, 0.2) is 29.1 Å². The normalized spacial score (nSPS) is 13.1. The highest BCUT2D eigenvalue weighted by Gasteiger charge is 2.20. The van der Waals surface area contributed by atoms with Gasteiger partial charge < -0.3 is 14.5 Å². The number of fused-ring (bicyclic) bond motifs is 1. The van der Waals surface area contributed by atoms with Crippen LogP contribution >= 0.6 is 12.2 Å². The Morgan fingerprint density at radius 1 is 1.26 bits per heavy atom. The van der Waals surface area contributed by atoms with E-state index < -0.39 is 6.29 Å². The summed E-state index contributed by atoms with van der Waals surface area (Å²) >= 11 is 5.25. The van der Waals surface area contributed by atoms with Crippen molar-refractivity contribution in [2.45, 2.75) is 19.3 Å². The number of hydrogen-bond acceptors (Lipinski definition) is 4. The van der Waals surface area contributed by atoms with Crippen molar-refractivity contribution >= 4 is 23.1 Å². The lowest BCUT2D eigenvalue weighted by molar-refractivity contribution is -0.129. The predicted octanol–water partition coefficient (Wildman–Crippen LogP) is 2.24. The molecule has 5 nitrogen and oxygen atoms in total. The molecule has 1 heterocycles. The molecule has 1 aromatic carbocycles. The van der Waals surface area contributed by atoms with Gasteiger partial charge in [-0.25, -0.2) is 0 Å². The van der Waals surface area contributed by atoms with Gasteiger partial charge >= 0.3 is 0 Å². The number of nitrogens with one attached hydrogen (secondary N) is 1. The summed E-state index contributed by atoms with van der Waals surface area (Å²) in [6.45, 7) is 1.83. The number of hydrogen-bond donors (Lipinski definition) is 1. The molecule has 0 radical (unpaired) electrons. The van der Waals surface area contributed by atoms with Gasteiger partial charge in [-0.05, 0) is 31.3 Å². The van der Waals surface area contributed by atoms with Crippen molar-refractivity contribution in [3.8, 4) is 0 Å². The van der Waals surface area contributed by atoms with Crippen LogP contribution in [0, 0.1) is 4.77 Å². The van der Waals surface area contributed by atoms with E-state index in [1.54, 1.807) is 6.07 Å². The second kappa shape index (κ2) is 5.64. The van der Waals surface area contributed by atoms with Crippen LogP contribution in [0.2, 0.25) is 0 Å². The van der Waals surface area contributed by atoms with Gasteiger partial charge in [0.05, 0.1) is 16.9 Å². The predicted molar refractivity (Wildman–Crippen MR) is 75.9 cm³/mol. The van der Waals surface area contributed by atoms with E-state index in [1.807, 2.05) is 25.1 Å². The molecule has 1 atom stereocenters. The highest BCUT2D eigenvalue weighted by atomic mass is 32.1. The Labute approximate surface area is 115 Å². The Morgan fingerprint density at radius 3 is 2.53 bits per heavy atom. The SMILES string of the molecule is COC(OC)C(C)n1c(=S)[nH]c2ccccc2c1=O. The van der Waals surface area contributed by atoms with Crippen LogP contribution < -0.4 is 5.56 Å². The van der Waals surface area contributed by atoms with Crippen molar-refractivity contribution in [3.05, 3.63) is 39.4 Å². The van der Waals surface area contributed by atoms with Crippen molar-refractivity contribution in [3.63, 3.8) is 0 Å². The van der Waals surface area contributed by atoms with E-state index >= 15 is 0 Å². The van der Waals surface area contributed by atoms with Gasteiger partial charge in [0.1, 0.15) is 0 Å². The Hall–Kier alpha value is -1.50. The van der Waals surface area contributed by atoms with Crippen LogP contribution in [0.4, 0.5) is 0 Å². The average molecular weight is 280 g/mol. The number of methoxy groups -OCH3 is 2. The van der Waals surface area contributed by atoms with E-state index in [0.29, 0.717) is 10.2 Å². The molecule has 6 heteroatoms. The molecule has 0 aliphatic rings. The molecule has 0 amide bonds. The molecule has 0 saturated carbocycles. The molecule has 1 aromatic heterocycles. The van der Waals surface area contributed by atoms with Gasteiger partial charge in [0.25, 0.3) is 5.56 Å². The first-order valence-electron chi connectivity index (χ1n) is 5.89. The number of para-hydroxylation sites is 1. The Bertz CT molecular complexity index is 688. The Morgan fingerprint density at radius 2 is 1.89 bits per heavy atom. The second-order valence-corrected chi connectivity index (χ2v) is 4.62. The molecule has 1 unspecified atom stereocenters. The third kappa shape index (κ3) is 2.47. The summed E-state index contributed by atoms with van der Waals surface area (Å²) in [6.07, 6.45) is -0.533. The maximum Gasteiger partial charge on any atom is 0.262 e. The molecule has 0 spiro atoms. The second-order valence-electron chi connectivity index (χ2n) is 4.23. The van der Waals surface area contributed by atoms with Crippen LogP contribution in [0.1, 0.15) is 13.0 Å². The Balaban J connectivity index is 2.67. The first-order chi connectivity index (χ1) is 9.10. The molecule has 0 bridgehead atoms. The number of H-pyrrole nitrogens is 1. The molecule has 0 saturated heterocycles. The van der Waals surface area contributed by atoms with Gasteiger partial charge in [-0.1, -0.05) is 12.1 Å². The first kappa shape index (κ1) is 13.9. The van der Waals surface area contributed by atoms with Gasteiger partial charge in [-0.2, -0.15) is 0 Å². The molecule has 2 rings (SSSR count). The summed E-state index contributed by atoms with van der Waals surface area (Å²) in [7, 11) is 3.06. The van der Waals surface area contributed by atoms with Crippen molar-refractivity contribution in [2.24, 2.45) is 0 Å². The van der Waals surface area contributed by atoms with Gasteiger partial charge in [-0.15, -0.1) is 0 Å². The standard InChI is InChI=1S/C13H16N2O3S/c1-8(12(17-2)18-3)15-11(16)9-6-4-5-7-10(9)14-13(15)19/h4-8,12H,1-3H3,(H,14,19). The van der Waals surface area contributed by atoms with E-state index in [1.165, 1.54) is 18.8 Å². The third-order valence-electron chi connectivity index (χ3n) is 3.10. The number of aromatic nitrogens is 2. The molecule has 19 heavy (non-hydrogen) atoms. The van der Waals surface area contributed by atoms with Crippen LogP contribution in [-0.2, 0) is 9.47 Å². The Kier molecular flexibility index (Phi) is 4.14. The molecular formula is C13H16N2O3S. The molecular weight excluding hydrogens is 264 g/mol. The summed E-state index contributed by atoms with van der Waals surface area (Å²) in [5.74, 6) is 0. The largest absolute Gasteiger partial charge is 0.354 e. The zero-order chi connectivity index (χ0) is 14.0. The summed E-state index contributed by atoms with van der Waals surface area (Å²) < 4.78 is 12.2. The zero-order valence-corrected chi connectivity index (χ0v) is 11.9. The van der Waals surface area contributed by atoms with E-state index in [4.69, 9.17) is 21.7 Å². The van der Waals surface area contributed by atoms with Crippen LogP contribution in [-0.4, -0.2) is 30.1 Å². The highest BCUT2D eigenvalue weighted by molar-refractivity contribution is 7.71. The number of nitrogens with zero attached hydrogens (tertiary/aromatic N) is 1. The van der Waals surface area contributed by atoms with Crippen molar-refractivity contribution in [2.75, 3.05) is 14.2 Å². The van der Waals surface area contributed by atoms with E-state index in [-0.39, 0.29) is 11.6 Å². The fraction of sp³-hybridized carbons (Fsp3) is 0.385. The maximum absolute atomic E-state index is 12.5. The summed E-state index contributed by atoms with van der Waals surface area (Å²) in [6, 6.07) is 6.94. The first-order valence-corrected chi connectivity index (χ1v) is 6.30. The number of aromatic amines is 1. The fourth-order valence-corrected chi connectivity index (χ4v) is 2.52. The third-order valence-corrected chi connectivity index (χ3v) is 3.40. The van der Waals surface area contributed by atoms with Crippen LogP contribution in [0.5, 0.6) is 0 Å². The smallest absolute Gasteiger partial charge is 0.262 e. The minimum Gasteiger partial charge on any atom is -0.354 e. The summed E-state index contributed by atoms with van der Waals surface area (Å²) in [5, 5.41) is 0.592. The van der Waals surface area contributed by atoms with Gasteiger partial charge in [0, 0.05) is 14.2 Å². The van der Waals surface area contributed by atoms with E-state index in [9.17, 15) is 4.79 Å². The minimum atomic E-state index is -0.533. The number of ether oxygens (including phenoxy) is 2. The van der Waals surface area contributed by atoms with Crippen molar-refractivity contribution < 1.29 is 9.47 Å². The quantitative estimate of drug-likeness (QED) is 0.689. The molecule has 2 aromatic rings. The summed E-state index contributed by atoms with van der Waals surface area (Å²) in [5.41, 5.74) is 0.582. The lowest BCUT2D eigenvalue weighted by Gasteiger charge is -2.23. The number of rotatable bonds is 4. The molecule has 0 aliphatic carbocycles. The highest BCUT2D eigenvalue weighted by Crippen LogP contribution is 2.15. The van der Waals surface area contributed by atoms with Crippen LogP contribution in [0.25, 0.3) is 10.9 Å². The van der Waals surface area contributed by atoms with Crippen molar-refractivity contribution in [1.82, 2.24) is 9.55 Å². The molecule has 102 valence electrons. The average Bonchev–Trinajstić information content (AvgIpc) is 2.40. The van der Waals surface area contributed by atoms with Gasteiger partial charge in [0.2, 0.25) is 0 Å². The molecule has 0 aliphatic heterocycles. The van der Waals surface area contributed by atoms with Crippen molar-refractivity contribution in [1.29, 1.82) is 0 Å².